The van der Waals surface area contributed by atoms with Gasteiger partial charge in [-0.05, 0) is 49.9 Å². The van der Waals surface area contributed by atoms with Gasteiger partial charge >= 0.3 is 6.18 Å². The minimum absolute atomic E-state index is 0.0747. The Morgan fingerprint density at radius 1 is 1.17 bits per heavy atom. The number of nitrogens with zero attached hydrogens (tertiary/aromatic N) is 3. The highest BCUT2D eigenvalue weighted by molar-refractivity contribution is 5.94. The average molecular weight is 486 g/mol. The Hall–Kier alpha value is -3.48. The zero-order valence-corrected chi connectivity index (χ0v) is 19.0. The summed E-state index contributed by atoms with van der Waals surface area (Å²) in [6.07, 6.45) is 1.20. The first-order valence-electron chi connectivity index (χ1n) is 11.7. The lowest BCUT2D eigenvalue weighted by Crippen LogP contribution is -2.50. The predicted molar refractivity (Wildman–Crippen MR) is 119 cm³/mol. The number of rotatable bonds is 4. The van der Waals surface area contributed by atoms with Gasteiger partial charge in [0.15, 0.2) is 0 Å². The maximum atomic E-state index is 13.6. The van der Waals surface area contributed by atoms with Gasteiger partial charge in [0.05, 0.1) is 34.9 Å². The molecular weight excluding hydrogens is 461 g/mol. The van der Waals surface area contributed by atoms with Crippen LogP contribution < -0.4 is 10.2 Å². The number of furan rings is 1. The molecule has 3 heterocycles. The average Bonchev–Trinajstić information content (AvgIpc) is 3.33. The van der Waals surface area contributed by atoms with Crippen LogP contribution in [0.4, 0.5) is 18.9 Å². The van der Waals surface area contributed by atoms with Crippen LogP contribution in [0.5, 0.6) is 0 Å². The minimum Gasteiger partial charge on any atom is -0.472 e. The Morgan fingerprint density at radius 3 is 2.51 bits per heavy atom. The Bertz CT molecular complexity index is 1160. The third-order valence-electron chi connectivity index (χ3n) is 7.50. The van der Waals surface area contributed by atoms with Crippen molar-refractivity contribution in [3.63, 3.8) is 0 Å². The van der Waals surface area contributed by atoms with Gasteiger partial charge in [0.25, 0.3) is 5.91 Å². The second-order valence-electron chi connectivity index (χ2n) is 9.72. The SMILES string of the molecule is N#Cc1ccc(N2CC(C(=O)NC3CC3)C3(CCN(C(=O)c4ccoc4)CC3)C2)cc1C(F)(F)F. The van der Waals surface area contributed by atoms with E-state index in [0.717, 1.165) is 18.9 Å². The first-order chi connectivity index (χ1) is 16.7. The molecule has 3 aliphatic rings. The number of halogens is 3. The Labute approximate surface area is 200 Å². The lowest BCUT2D eigenvalue weighted by atomic mass is 9.70. The van der Waals surface area contributed by atoms with Gasteiger partial charge in [-0.2, -0.15) is 18.4 Å². The molecule has 1 aromatic heterocycles. The molecule has 1 spiro atoms. The quantitative estimate of drug-likeness (QED) is 0.710. The molecule has 35 heavy (non-hydrogen) atoms. The standard InChI is InChI=1S/C25H25F3N4O3/c26-25(27,28)20-11-19(4-1-16(20)12-29)32-13-21(22(33)30-18-2-3-18)24(15-32)6-8-31(9-7-24)23(34)17-5-10-35-14-17/h1,4-5,10-11,14,18,21H,2-3,6-9,13,15H2,(H,30,33). The molecule has 2 saturated heterocycles. The van der Waals surface area contributed by atoms with E-state index in [0.29, 0.717) is 43.7 Å². The molecule has 1 atom stereocenters. The number of amides is 2. The van der Waals surface area contributed by atoms with Crippen molar-refractivity contribution in [3.05, 3.63) is 53.5 Å². The number of hydrogen-bond donors (Lipinski definition) is 1. The van der Waals surface area contributed by atoms with E-state index in [4.69, 9.17) is 9.68 Å². The van der Waals surface area contributed by atoms with Gasteiger partial charge in [-0.25, -0.2) is 0 Å². The fourth-order valence-electron chi connectivity index (χ4n) is 5.35. The van der Waals surface area contributed by atoms with Crippen LogP contribution in [-0.4, -0.2) is 48.9 Å². The summed E-state index contributed by atoms with van der Waals surface area (Å²) in [5.41, 5.74) is -1.05. The summed E-state index contributed by atoms with van der Waals surface area (Å²) in [6.45, 7) is 1.60. The number of anilines is 1. The third-order valence-corrected chi connectivity index (χ3v) is 7.50. The molecule has 1 aliphatic carbocycles. The number of carbonyl (C=O) groups is 2. The van der Waals surface area contributed by atoms with Crippen molar-refractivity contribution in [1.29, 1.82) is 5.26 Å². The summed E-state index contributed by atoms with van der Waals surface area (Å²) in [7, 11) is 0. The molecule has 0 radical (unpaired) electrons. The maximum Gasteiger partial charge on any atom is 0.417 e. The van der Waals surface area contributed by atoms with Crippen LogP contribution in [0.3, 0.4) is 0 Å². The highest BCUT2D eigenvalue weighted by atomic mass is 19.4. The van der Waals surface area contributed by atoms with E-state index >= 15 is 0 Å². The molecule has 1 unspecified atom stereocenters. The minimum atomic E-state index is -4.65. The summed E-state index contributed by atoms with van der Waals surface area (Å²) in [5, 5.41) is 12.2. The first kappa shape index (κ1) is 23.3. The van der Waals surface area contributed by atoms with E-state index in [1.165, 1.54) is 24.7 Å². The van der Waals surface area contributed by atoms with Gasteiger partial charge < -0.3 is 19.5 Å². The molecule has 3 fully saturated rings. The zero-order valence-electron chi connectivity index (χ0n) is 19.0. The van der Waals surface area contributed by atoms with Crippen molar-refractivity contribution in [2.24, 2.45) is 11.3 Å². The largest absolute Gasteiger partial charge is 0.472 e. The fraction of sp³-hybridized carbons (Fsp3) is 0.480. The van der Waals surface area contributed by atoms with Crippen LogP contribution >= 0.6 is 0 Å². The predicted octanol–water partition coefficient (Wildman–Crippen LogP) is 3.81. The van der Waals surface area contributed by atoms with Crippen LogP contribution in [0.1, 0.15) is 47.2 Å². The molecular formula is C25H25F3N4O3. The molecule has 1 saturated carbocycles. The summed E-state index contributed by atoms with van der Waals surface area (Å²) in [4.78, 5) is 29.5. The smallest absolute Gasteiger partial charge is 0.417 e. The van der Waals surface area contributed by atoms with E-state index in [-0.39, 0.29) is 24.4 Å². The molecule has 2 aromatic rings. The highest BCUT2D eigenvalue weighted by Crippen LogP contribution is 2.47. The van der Waals surface area contributed by atoms with Crippen LogP contribution in [0.25, 0.3) is 0 Å². The monoisotopic (exact) mass is 486 g/mol. The number of nitriles is 1. The summed E-state index contributed by atoms with van der Waals surface area (Å²) in [5.74, 6) is -0.613. The van der Waals surface area contributed by atoms with E-state index in [9.17, 15) is 22.8 Å². The molecule has 0 bridgehead atoms. The van der Waals surface area contributed by atoms with Gasteiger partial charge in [-0.15, -0.1) is 0 Å². The highest BCUT2D eigenvalue weighted by Gasteiger charge is 2.52. The van der Waals surface area contributed by atoms with Gasteiger partial charge in [-0.3, -0.25) is 9.59 Å². The topological polar surface area (TPSA) is 89.6 Å². The molecule has 1 N–H and O–H groups in total. The molecule has 5 rings (SSSR count). The van der Waals surface area contributed by atoms with Crippen LogP contribution in [-0.2, 0) is 11.0 Å². The first-order valence-corrected chi connectivity index (χ1v) is 11.7. The van der Waals surface area contributed by atoms with Gasteiger partial charge in [-0.1, -0.05) is 0 Å². The van der Waals surface area contributed by atoms with E-state index in [2.05, 4.69) is 5.32 Å². The molecule has 1 aromatic carbocycles. The number of likely N-dealkylation sites (tertiary alicyclic amines) is 1. The van der Waals surface area contributed by atoms with Crippen molar-refractivity contribution in [2.45, 2.75) is 37.9 Å². The van der Waals surface area contributed by atoms with Crippen molar-refractivity contribution < 1.29 is 27.2 Å². The Kier molecular flexibility index (Phi) is 5.74. The van der Waals surface area contributed by atoms with Gasteiger partial charge in [0.2, 0.25) is 5.91 Å². The van der Waals surface area contributed by atoms with Crippen LogP contribution in [0.2, 0.25) is 0 Å². The lowest BCUT2D eigenvalue weighted by molar-refractivity contribution is -0.137. The maximum absolute atomic E-state index is 13.6. The van der Waals surface area contributed by atoms with E-state index in [1.54, 1.807) is 17.0 Å². The summed E-state index contributed by atoms with van der Waals surface area (Å²) >= 11 is 0. The lowest BCUT2D eigenvalue weighted by Gasteiger charge is -2.42. The Morgan fingerprint density at radius 2 is 1.91 bits per heavy atom. The van der Waals surface area contributed by atoms with Crippen molar-refractivity contribution in [1.82, 2.24) is 10.2 Å². The second kappa shape index (κ2) is 8.63. The number of piperidine rings is 1. The molecule has 2 aliphatic heterocycles. The van der Waals surface area contributed by atoms with E-state index in [1.807, 2.05) is 4.90 Å². The molecule has 10 heteroatoms. The molecule has 7 nitrogen and oxygen atoms in total. The zero-order chi connectivity index (χ0) is 24.8. The molecule has 184 valence electrons. The van der Waals surface area contributed by atoms with Crippen LogP contribution in [0.15, 0.2) is 41.2 Å². The normalized spacial score (nSPS) is 21.7. The number of hydrogen-bond acceptors (Lipinski definition) is 5. The number of alkyl halides is 3. The third kappa shape index (κ3) is 4.47. The van der Waals surface area contributed by atoms with Gasteiger partial charge in [0, 0.05) is 43.3 Å². The van der Waals surface area contributed by atoms with Crippen molar-refractivity contribution >= 4 is 17.5 Å². The van der Waals surface area contributed by atoms with E-state index < -0.39 is 28.6 Å². The number of nitrogens with one attached hydrogen (secondary N) is 1. The number of benzene rings is 1. The summed E-state index contributed by atoms with van der Waals surface area (Å²) < 4.78 is 45.7. The number of carbonyl (C=O) groups excluding carboxylic acids is 2. The Balaban J connectivity index is 1.40. The fourth-order valence-corrected chi connectivity index (χ4v) is 5.35. The van der Waals surface area contributed by atoms with Crippen molar-refractivity contribution in [2.75, 3.05) is 31.1 Å². The molecule has 2 amide bonds. The second-order valence-corrected chi connectivity index (χ2v) is 9.72. The summed E-state index contributed by atoms with van der Waals surface area (Å²) in [6, 6.07) is 7.10. The van der Waals surface area contributed by atoms with Crippen LogP contribution in [0, 0.1) is 22.7 Å². The van der Waals surface area contributed by atoms with Crippen molar-refractivity contribution in [3.8, 4) is 6.07 Å². The van der Waals surface area contributed by atoms with Gasteiger partial charge in [0.1, 0.15) is 6.26 Å².